The number of hydrogen-bond donors (Lipinski definition) is 1. The highest BCUT2D eigenvalue weighted by molar-refractivity contribution is 6.31. The van der Waals surface area contributed by atoms with Crippen molar-refractivity contribution in [2.45, 2.75) is 32.7 Å². The fourth-order valence-corrected chi connectivity index (χ4v) is 2.83. The Balaban J connectivity index is 2.19. The minimum Gasteiger partial charge on any atom is -0.314 e. The lowest BCUT2D eigenvalue weighted by Crippen LogP contribution is -2.45. The maximum absolute atomic E-state index is 6.27. The van der Waals surface area contributed by atoms with Gasteiger partial charge in [-0.2, -0.15) is 0 Å². The molecule has 0 bridgehead atoms. The van der Waals surface area contributed by atoms with Crippen LogP contribution < -0.4 is 5.32 Å². The zero-order valence-corrected chi connectivity index (χ0v) is 12.1. The van der Waals surface area contributed by atoms with E-state index in [9.17, 15) is 0 Å². The molecule has 1 heterocycles. The van der Waals surface area contributed by atoms with Crippen LogP contribution in [-0.2, 0) is 0 Å². The molecule has 0 radical (unpaired) electrons. The normalized spacial score (nSPS) is 18.8. The van der Waals surface area contributed by atoms with E-state index in [1.165, 1.54) is 18.4 Å². The zero-order chi connectivity index (χ0) is 13.0. The van der Waals surface area contributed by atoms with Crippen LogP contribution in [0.15, 0.2) is 18.2 Å². The zero-order valence-electron chi connectivity index (χ0n) is 11.4. The Morgan fingerprint density at radius 2 is 2.06 bits per heavy atom. The van der Waals surface area contributed by atoms with Gasteiger partial charge in [0.1, 0.15) is 0 Å². The van der Waals surface area contributed by atoms with Crippen molar-refractivity contribution >= 4 is 11.6 Å². The third-order valence-electron chi connectivity index (χ3n) is 3.74. The van der Waals surface area contributed by atoms with Gasteiger partial charge in [-0.05, 0) is 30.5 Å². The molecule has 0 aromatic heterocycles. The summed E-state index contributed by atoms with van der Waals surface area (Å²) in [5.74, 6) is 0. The second-order valence-corrected chi connectivity index (χ2v) is 5.51. The number of hydrogen-bond acceptors (Lipinski definition) is 2. The second kappa shape index (κ2) is 6.55. The van der Waals surface area contributed by atoms with Crippen molar-refractivity contribution in [2.24, 2.45) is 0 Å². The van der Waals surface area contributed by atoms with Crippen LogP contribution in [0.4, 0.5) is 0 Å². The van der Waals surface area contributed by atoms with Crippen LogP contribution in [0, 0.1) is 6.92 Å². The van der Waals surface area contributed by atoms with Crippen LogP contribution in [0.2, 0.25) is 5.02 Å². The van der Waals surface area contributed by atoms with Gasteiger partial charge in [-0.1, -0.05) is 37.1 Å². The number of nitrogens with one attached hydrogen (secondary N) is 1. The number of benzene rings is 1. The van der Waals surface area contributed by atoms with E-state index in [0.717, 1.165) is 36.8 Å². The summed E-state index contributed by atoms with van der Waals surface area (Å²) in [6.07, 6.45) is 2.42. The SMILES string of the molecule is CCC[C@@H](c1ccc(C)c(Cl)c1)N1CCNCC1. The van der Waals surface area contributed by atoms with Gasteiger partial charge in [-0.15, -0.1) is 0 Å². The molecule has 2 rings (SSSR count). The van der Waals surface area contributed by atoms with Crippen molar-refractivity contribution in [3.05, 3.63) is 34.3 Å². The van der Waals surface area contributed by atoms with Crippen LogP contribution in [-0.4, -0.2) is 31.1 Å². The Morgan fingerprint density at radius 3 is 2.67 bits per heavy atom. The highest BCUT2D eigenvalue weighted by Gasteiger charge is 2.21. The lowest BCUT2D eigenvalue weighted by atomic mass is 9.99. The Bertz CT molecular complexity index is 386. The highest BCUT2D eigenvalue weighted by atomic mass is 35.5. The van der Waals surface area contributed by atoms with E-state index < -0.39 is 0 Å². The molecule has 3 heteroatoms. The molecule has 0 spiro atoms. The van der Waals surface area contributed by atoms with Crippen molar-refractivity contribution in [3.63, 3.8) is 0 Å². The standard InChI is InChI=1S/C15H23ClN2/c1-3-4-15(18-9-7-17-8-10-18)13-6-5-12(2)14(16)11-13/h5-6,11,15,17H,3-4,7-10H2,1-2H3/t15-/m0/s1. The van der Waals surface area contributed by atoms with Crippen molar-refractivity contribution < 1.29 is 0 Å². The smallest absolute Gasteiger partial charge is 0.0438 e. The quantitative estimate of drug-likeness (QED) is 0.899. The minimum absolute atomic E-state index is 0.523. The number of piperazine rings is 1. The van der Waals surface area contributed by atoms with E-state index in [4.69, 9.17) is 11.6 Å². The molecule has 0 saturated carbocycles. The molecule has 0 aliphatic carbocycles. The molecule has 2 nitrogen and oxygen atoms in total. The molecule has 1 aliphatic heterocycles. The van der Waals surface area contributed by atoms with Crippen molar-refractivity contribution in [3.8, 4) is 0 Å². The molecular weight excluding hydrogens is 244 g/mol. The maximum atomic E-state index is 6.27. The summed E-state index contributed by atoms with van der Waals surface area (Å²) in [5.41, 5.74) is 2.53. The van der Waals surface area contributed by atoms with E-state index in [-0.39, 0.29) is 0 Å². The van der Waals surface area contributed by atoms with Gasteiger partial charge in [0.25, 0.3) is 0 Å². The lowest BCUT2D eigenvalue weighted by molar-refractivity contribution is 0.164. The first-order chi connectivity index (χ1) is 8.72. The summed E-state index contributed by atoms with van der Waals surface area (Å²) < 4.78 is 0. The molecule has 1 aromatic rings. The van der Waals surface area contributed by atoms with Crippen LogP contribution in [0.5, 0.6) is 0 Å². The summed E-state index contributed by atoms with van der Waals surface area (Å²) in [6.45, 7) is 8.78. The van der Waals surface area contributed by atoms with Crippen molar-refractivity contribution in [2.75, 3.05) is 26.2 Å². The third-order valence-corrected chi connectivity index (χ3v) is 4.14. The third kappa shape index (κ3) is 3.25. The van der Waals surface area contributed by atoms with Gasteiger partial charge in [-0.25, -0.2) is 0 Å². The van der Waals surface area contributed by atoms with Gasteiger partial charge in [0.15, 0.2) is 0 Å². The minimum atomic E-state index is 0.523. The molecule has 1 saturated heterocycles. The average Bonchev–Trinajstić information content (AvgIpc) is 2.40. The fraction of sp³-hybridized carbons (Fsp3) is 0.600. The molecule has 1 fully saturated rings. The summed E-state index contributed by atoms with van der Waals surface area (Å²) in [5, 5.41) is 4.31. The highest BCUT2D eigenvalue weighted by Crippen LogP contribution is 2.29. The number of rotatable bonds is 4. The number of halogens is 1. The van der Waals surface area contributed by atoms with Gasteiger partial charge < -0.3 is 5.32 Å². The van der Waals surface area contributed by atoms with Crippen molar-refractivity contribution in [1.82, 2.24) is 10.2 Å². The predicted octanol–water partition coefficient (Wildman–Crippen LogP) is 3.39. The first-order valence-corrected chi connectivity index (χ1v) is 7.31. The molecule has 18 heavy (non-hydrogen) atoms. The van der Waals surface area contributed by atoms with Gasteiger partial charge in [0.05, 0.1) is 0 Å². The monoisotopic (exact) mass is 266 g/mol. The van der Waals surface area contributed by atoms with E-state index in [2.05, 4.69) is 42.3 Å². The van der Waals surface area contributed by atoms with Crippen LogP contribution in [0.3, 0.4) is 0 Å². The van der Waals surface area contributed by atoms with Crippen molar-refractivity contribution in [1.29, 1.82) is 0 Å². The first-order valence-electron chi connectivity index (χ1n) is 6.93. The van der Waals surface area contributed by atoms with Gasteiger partial charge in [0, 0.05) is 37.2 Å². The number of nitrogens with zero attached hydrogens (tertiary/aromatic N) is 1. The van der Waals surface area contributed by atoms with E-state index in [1.54, 1.807) is 0 Å². The molecule has 0 amide bonds. The molecule has 100 valence electrons. The second-order valence-electron chi connectivity index (χ2n) is 5.10. The van der Waals surface area contributed by atoms with Gasteiger partial charge in [0.2, 0.25) is 0 Å². The summed E-state index contributed by atoms with van der Waals surface area (Å²) in [6, 6.07) is 7.06. The Hall–Kier alpha value is -0.570. The summed E-state index contributed by atoms with van der Waals surface area (Å²) >= 11 is 6.27. The molecule has 1 aliphatic rings. The molecule has 1 N–H and O–H groups in total. The van der Waals surface area contributed by atoms with Gasteiger partial charge in [-0.3, -0.25) is 4.90 Å². The molecule has 1 atom stereocenters. The average molecular weight is 267 g/mol. The lowest BCUT2D eigenvalue weighted by Gasteiger charge is -2.35. The van der Waals surface area contributed by atoms with E-state index in [1.807, 2.05) is 0 Å². The first kappa shape index (κ1) is 13.9. The van der Waals surface area contributed by atoms with Gasteiger partial charge >= 0.3 is 0 Å². The van der Waals surface area contributed by atoms with E-state index in [0.29, 0.717) is 6.04 Å². The van der Waals surface area contributed by atoms with Crippen LogP contribution >= 0.6 is 11.6 Å². The molecule has 0 unspecified atom stereocenters. The van der Waals surface area contributed by atoms with Crippen LogP contribution in [0.25, 0.3) is 0 Å². The Kier molecular flexibility index (Phi) is 5.04. The Labute approximate surface area is 115 Å². The Morgan fingerprint density at radius 1 is 1.33 bits per heavy atom. The number of aryl methyl sites for hydroxylation is 1. The van der Waals surface area contributed by atoms with E-state index >= 15 is 0 Å². The topological polar surface area (TPSA) is 15.3 Å². The van der Waals surface area contributed by atoms with Crippen LogP contribution in [0.1, 0.15) is 36.9 Å². The molecule has 1 aromatic carbocycles. The maximum Gasteiger partial charge on any atom is 0.0438 e. The summed E-state index contributed by atoms with van der Waals surface area (Å²) in [7, 11) is 0. The summed E-state index contributed by atoms with van der Waals surface area (Å²) in [4.78, 5) is 2.58. The molecular formula is C15H23ClN2. The predicted molar refractivity (Wildman–Crippen MR) is 78.3 cm³/mol. The fourth-order valence-electron chi connectivity index (χ4n) is 2.64. The largest absolute Gasteiger partial charge is 0.314 e.